The van der Waals surface area contributed by atoms with Crippen LogP contribution < -0.4 is 10.5 Å². The lowest BCUT2D eigenvalue weighted by molar-refractivity contribution is -0.141. The van der Waals surface area contributed by atoms with Crippen molar-refractivity contribution >= 4 is 5.69 Å². The summed E-state index contributed by atoms with van der Waals surface area (Å²) in [7, 11) is 0. The molecule has 1 atom stereocenters. The van der Waals surface area contributed by atoms with E-state index in [1.807, 2.05) is 20.8 Å². The van der Waals surface area contributed by atoms with E-state index >= 15 is 0 Å². The Morgan fingerprint density at radius 3 is 2.88 bits per heavy atom. The normalized spacial score (nSPS) is 22.6. The van der Waals surface area contributed by atoms with Gasteiger partial charge in [-0.15, -0.1) is 0 Å². The lowest BCUT2D eigenvalue weighted by Gasteiger charge is -2.17. The van der Waals surface area contributed by atoms with Crippen LogP contribution in [0.1, 0.15) is 19.5 Å². The molecule has 1 aromatic rings. The highest BCUT2D eigenvalue weighted by Gasteiger charge is 2.33. The first-order valence-electron chi connectivity index (χ1n) is 5.63. The van der Waals surface area contributed by atoms with Crippen LogP contribution in [0.3, 0.4) is 0 Å². The Morgan fingerprint density at radius 2 is 2.29 bits per heavy atom. The zero-order valence-electron chi connectivity index (χ0n) is 10.4. The third kappa shape index (κ3) is 3.31. The molecule has 1 unspecified atom stereocenters. The van der Waals surface area contributed by atoms with Crippen LogP contribution in [0, 0.1) is 6.92 Å². The van der Waals surface area contributed by atoms with Crippen LogP contribution in [-0.4, -0.2) is 30.1 Å². The molecule has 0 bridgehead atoms. The van der Waals surface area contributed by atoms with Crippen molar-refractivity contribution in [2.45, 2.75) is 32.7 Å². The zero-order chi connectivity index (χ0) is 12.5. The predicted molar refractivity (Wildman–Crippen MR) is 63.8 cm³/mol. The summed E-state index contributed by atoms with van der Waals surface area (Å²) in [6.45, 7) is 6.60. The topological polar surface area (TPSA) is 66.6 Å². The molecule has 1 aliphatic rings. The second kappa shape index (κ2) is 4.50. The summed E-state index contributed by atoms with van der Waals surface area (Å²) in [6.07, 6.45) is -0.0615. The standard InChI is InChI=1S/C12H18N2O3/c1-8-4-9(13)5-11(14-8)15-6-10-7-16-12(2,3)17-10/h4-5,10H,6-7H2,1-3H3,(H2,13,14). The van der Waals surface area contributed by atoms with Gasteiger partial charge in [0.2, 0.25) is 5.88 Å². The summed E-state index contributed by atoms with van der Waals surface area (Å²) in [4.78, 5) is 4.23. The minimum absolute atomic E-state index is 0.0615. The molecule has 2 N–H and O–H groups in total. The first-order chi connectivity index (χ1) is 7.94. The average molecular weight is 238 g/mol. The summed E-state index contributed by atoms with van der Waals surface area (Å²) in [6, 6.07) is 3.50. The highest BCUT2D eigenvalue weighted by atomic mass is 16.7. The van der Waals surface area contributed by atoms with Gasteiger partial charge >= 0.3 is 0 Å². The van der Waals surface area contributed by atoms with Gasteiger partial charge in [0.05, 0.1) is 6.61 Å². The molecule has 0 amide bonds. The molecule has 0 radical (unpaired) electrons. The summed E-state index contributed by atoms with van der Waals surface area (Å²) in [5.41, 5.74) is 7.20. The summed E-state index contributed by atoms with van der Waals surface area (Å²) in [5, 5.41) is 0. The Balaban J connectivity index is 1.90. The van der Waals surface area contributed by atoms with E-state index in [0.29, 0.717) is 24.8 Å². The van der Waals surface area contributed by atoms with Crippen LogP contribution >= 0.6 is 0 Å². The molecule has 94 valence electrons. The molecular weight excluding hydrogens is 220 g/mol. The molecule has 5 nitrogen and oxygen atoms in total. The second-order valence-corrected chi connectivity index (χ2v) is 4.64. The molecule has 0 spiro atoms. The van der Waals surface area contributed by atoms with Gasteiger partial charge < -0.3 is 19.9 Å². The van der Waals surface area contributed by atoms with Gasteiger partial charge in [-0.2, -0.15) is 0 Å². The van der Waals surface area contributed by atoms with Gasteiger partial charge in [-0.25, -0.2) is 4.98 Å². The van der Waals surface area contributed by atoms with Gasteiger partial charge in [0, 0.05) is 17.4 Å². The SMILES string of the molecule is Cc1cc(N)cc(OCC2COC(C)(C)O2)n1. The predicted octanol–water partition coefficient (Wildman–Crippen LogP) is 1.50. The first-order valence-corrected chi connectivity index (χ1v) is 5.63. The lowest BCUT2D eigenvalue weighted by Crippen LogP contribution is -2.25. The minimum atomic E-state index is -0.521. The van der Waals surface area contributed by atoms with Crippen LogP contribution in [0.4, 0.5) is 5.69 Å². The number of ether oxygens (including phenoxy) is 3. The van der Waals surface area contributed by atoms with Gasteiger partial charge in [-0.1, -0.05) is 0 Å². The van der Waals surface area contributed by atoms with E-state index in [-0.39, 0.29) is 6.10 Å². The van der Waals surface area contributed by atoms with Crippen molar-refractivity contribution in [3.8, 4) is 5.88 Å². The smallest absolute Gasteiger partial charge is 0.215 e. The number of nitrogen functional groups attached to an aromatic ring is 1. The van der Waals surface area contributed by atoms with Crippen LogP contribution in [0.2, 0.25) is 0 Å². The monoisotopic (exact) mass is 238 g/mol. The van der Waals surface area contributed by atoms with Crippen molar-refractivity contribution < 1.29 is 14.2 Å². The van der Waals surface area contributed by atoms with Crippen molar-refractivity contribution in [2.24, 2.45) is 0 Å². The Labute approximate surface area is 101 Å². The minimum Gasteiger partial charge on any atom is -0.475 e. The molecule has 1 aliphatic heterocycles. The molecule has 2 rings (SSSR count). The Kier molecular flexibility index (Phi) is 3.22. The largest absolute Gasteiger partial charge is 0.475 e. The lowest BCUT2D eigenvalue weighted by atomic mass is 10.3. The van der Waals surface area contributed by atoms with E-state index in [0.717, 1.165) is 5.69 Å². The summed E-state index contributed by atoms with van der Waals surface area (Å²) in [5.74, 6) is 0.00315. The van der Waals surface area contributed by atoms with Gasteiger partial charge in [0.1, 0.15) is 12.7 Å². The quantitative estimate of drug-likeness (QED) is 0.864. The number of hydrogen-bond donors (Lipinski definition) is 1. The fraction of sp³-hybridized carbons (Fsp3) is 0.583. The number of aromatic nitrogens is 1. The number of hydrogen-bond acceptors (Lipinski definition) is 5. The van der Waals surface area contributed by atoms with Crippen LogP contribution in [0.5, 0.6) is 5.88 Å². The molecule has 0 aromatic carbocycles. The number of anilines is 1. The van der Waals surface area contributed by atoms with E-state index in [2.05, 4.69) is 4.98 Å². The van der Waals surface area contributed by atoms with Crippen molar-refractivity contribution in [3.05, 3.63) is 17.8 Å². The fourth-order valence-corrected chi connectivity index (χ4v) is 1.76. The fourth-order valence-electron chi connectivity index (χ4n) is 1.76. The maximum absolute atomic E-state index is 5.71. The molecule has 1 fully saturated rings. The third-order valence-corrected chi connectivity index (χ3v) is 2.44. The zero-order valence-corrected chi connectivity index (χ0v) is 10.4. The number of rotatable bonds is 3. The number of aryl methyl sites for hydroxylation is 1. The maximum Gasteiger partial charge on any atom is 0.215 e. The van der Waals surface area contributed by atoms with E-state index in [9.17, 15) is 0 Å². The maximum atomic E-state index is 5.71. The van der Waals surface area contributed by atoms with E-state index in [4.69, 9.17) is 19.9 Å². The van der Waals surface area contributed by atoms with Crippen LogP contribution in [0.15, 0.2) is 12.1 Å². The molecular formula is C12H18N2O3. The second-order valence-electron chi connectivity index (χ2n) is 4.64. The Morgan fingerprint density at radius 1 is 1.53 bits per heavy atom. The summed E-state index contributed by atoms with van der Waals surface area (Å²) >= 11 is 0. The number of nitrogens with two attached hydrogens (primary N) is 1. The average Bonchev–Trinajstić information content (AvgIpc) is 2.54. The van der Waals surface area contributed by atoms with Crippen LogP contribution in [-0.2, 0) is 9.47 Å². The Hall–Kier alpha value is -1.33. The molecule has 17 heavy (non-hydrogen) atoms. The highest BCUT2D eigenvalue weighted by Crippen LogP contribution is 2.23. The molecule has 0 saturated carbocycles. The molecule has 1 aromatic heterocycles. The molecule has 5 heteroatoms. The van der Waals surface area contributed by atoms with E-state index < -0.39 is 5.79 Å². The van der Waals surface area contributed by atoms with E-state index in [1.54, 1.807) is 12.1 Å². The Bertz CT molecular complexity index is 386. The number of pyridine rings is 1. The van der Waals surface area contributed by atoms with Crippen molar-refractivity contribution in [3.63, 3.8) is 0 Å². The molecule has 0 aliphatic carbocycles. The van der Waals surface area contributed by atoms with Gasteiger partial charge in [-0.3, -0.25) is 0 Å². The molecule has 2 heterocycles. The van der Waals surface area contributed by atoms with Crippen molar-refractivity contribution in [1.82, 2.24) is 4.98 Å². The van der Waals surface area contributed by atoms with Gasteiger partial charge in [-0.05, 0) is 26.8 Å². The highest BCUT2D eigenvalue weighted by molar-refractivity contribution is 5.42. The summed E-state index contributed by atoms with van der Waals surface area (Å²) < 4.78 is 16.6. The van der Waals surface area contributed by atoms with Crippen molar-refractivity contribution in [1.29, 1.82) is 0 Å². The van der Waals surface area contributed by atoms with Crippen molar-refractivity contribution in [2.75, 3.05) is 18.9 Å². The van der Waals surface area contributed by atoms with Crippen LogP contribution in [0.25, 0.3) is 0 Å². The van der Waals surface area contributed by atoms with Gasteiger partial charge in [0.15, 0.2) is 5.79 Å². The van der Waals surface area contributed by atoms with Gasteiger partial charge in [0.25, 0.3) is 0 Å². The van der Waals surface area contributed by atoms with E-state index in [1.165, 1.54) is 0 Å². The third-order valence-electron chi connectivity index (χ3n) is 2.44. The first kappa shape index (κ1) is 12.1. The molecule has 1 saturated heterocycles. The number of nitrogens with zero attached hydrogens (tertiary/aromatic N) is 1.